The summed E-state index contributed by atoms with van der Waals surface area (Å²) in [5, 5.41) is 18.7. The maximum Gasteiger partial charge on any atom is 0.275 e. The Balaban J connectivity index is 1.83. The molecule has 0 aliphatic rings. The van der Waals surface area contributed by atoms with Crippen molar-refractivity contribution in [2.75, 3.05) is 5.32 Å². The molecule has 3 aromatic rings. The molecule has 144 valence electrons. The molecule has 1 heterocycles. The van der Waals surface area contributed by atoms with Crippen LogP contribution in [0.2, 0.25) is 5.02 Å². The minimum Gasteiger partial charge on any atom is -0.457 e. The highest BCUT2D eigenvalue weighted by atomic mass is 35.5. The lowest BCUT2D eigenvalue weighted by molar-refractivity contribution is -0.384. The molecule has 0 saturated carbocycles. The van der Waals surface area contributed by atoms with Crippen molar-refractivity contribution in [1.29, 1.82) is 0 Å². The molecule has 0 radical (unpaired) electrons. The number of halogens is 1. The van der Waals surface area contributed by atoms with Crippen molar-refractivity contribution in [2.24, 2.45) is 0 Å². The zero-order valence-corrected chi connectivity index (χ0v) is 15.9. The van der Waals surface area contributed by atoms with Crippen LogP contribution in [0, 0.1) is 17.0 Å². The summed E-state index contributed by atoms with van der Waals surface area (Å²) in [6, 6.07) is 11.8. The molecule has 0 aliphatic heterocycles. The van der Waals surface area contributed by atoms with Crippen LogP contribution < -0.4 is 10.1 Å². The normalized spacial score (nSPS) is 11.7. The number of hydrogen-bond donors (Lipinski definition) is 1. The number of nitro groups is 1. The van der Waals surface area contributed by atoms with Crippen molar-refractivity contribution < 1.29 is 14.5 Å². The van der Waals surface area contributed by atoms with E-state index < -0.39 is 11.0 Å². The topological polar surface area (TPSA) is 99.3 Å². The van der Waals surface area contributed by atoms with Gasteiger partial charge in [0.2, 0.25) is 5.91 Å². The molecule has 3 rings (SSSR count). The summed E-state index contributed by atoms with van der Waals surface area (Å²) in [5.74, 6) is 0.318. The third-order valence-electron chi connectivity index (χ3n) is 3.94. The van der Waals surface area contributed by atoms with E-state index in [9.17, 15) is 14.9 Å². The molecule has 8 nitrogen and oxygen atoms in total. The Morgan fingerprint density at radius 1 is 1.21 bits per heavy atom. The van der Waals surface area contributed by atoms with Crippen molar-refractivity contribution in [3.63, 3.8) is 0 Å². The molecular formula is C19H17ClN4O4. The van der Waals surface area contributed by atoms with E-state index in [2.05, 4.69) is 10.4 Å². The molecule has 0 saturated heterocycles. The van der Waals surface area contributed by atoms with Gasteiger partial charge in [0.05, 0.1) is 22.4 Å². The molecule has 1 unspecified atom stereocenters. The van der Waals surface area contributed by atoms with Crippen molar-refractivity contribution in [2.45, 2.75) is 19.9 Å². The van der Waals surface area contributed by atoms with Gasteiger partial charge in [-0.2, -0.15) is 5.10 Å². The Kier molecular flexibility index (Phi) is 5.60. The first-order valence-corrected chi connectivity index (χ1v) is 8.75. The molecule has 1 aromatic heterocycles. The predicted octanol–water partition coefficient (Wildman–Crippen LogP) is 4.75. The summed E-state index contributed by atoms with van der Waals surface area (Å²) in [7, 11) is 0. The van der Waals surface area contributed by atoms with Gasteiger partial charge in [-0.3, -0.25) is 19.6 Å². The fraction of sp³-hybridized carbons (Fsp3) is 0.158. The average molecular weight is 401 g/mol. The maximum absolute atomic E-state index is 12.5. The minimum atomic E-state index is -0.589. The number of carbonyl (C=O) groups is 1. The van der Waals surface area contributed by atoms with Crippen molar-refractivity contribution in [3.05, 3.63) is 75.6 Å². The molecule has 1 amide bonds. The van der Waals surface area contributed by atoms with Crippen LogP contribution in [0.4, 0.5) is 11.4 Å². The summed E-state index contributed by atoms with van der Waals surface area (Å²) in [4.78, 5) is 23.2. The smallest absolute Gasteiger partial charge is 0.275 e. The first-order chi connectivity index (χ1) is 13.3. The lowest BCUT2D eigenvalue weighted by atomic mass is 10.2. The molecule has 0 aliphatic carbocycles. The third-order valence-corrected chi connectivity index (χ3v) is 4.19. The highest BCUT2D eigenvalue weighted by molar-refractivity contribution is 6.30. The fourth-order valence-corrected chi connectivity index (χ4v) is 2.60. The van der Waals surface area contributed by atoms with E-state index in [0.717, 1.165) is 5.69 Å². The quantitative estimate of drug-likeness (QED) is 0.475. The van der Waals surface area contributed by atoms with Gasteiger partial charge in [-0.1, -0.05) is 11.6 Å². The second kappa shape index (κ2) is 8.10. The third kappa shape index (κ3) is 4.66. The minimum absolute atomic E-state index is 0.204. The summed E-state index contributed by atoms with van der Waals surface area (Å²) in [5.41, 5.74) is 0.830. The van der Waals surface area contributed by atoms with Gasteiger partial charge in [0.15, 0.2) is 0 Å². The van der Waals surface area contributed by atoms with E-state index in [1.807, 2.05) is 6.92 Å². The standard InChI is InChI=1S/C19H17ClN4O4/c1-12-7-8-23(22-12)13(2)19(25)21-15-9-16(24(26)27)11-18(10-15)28-17-5-3-14(20)4-6-17/h3-11,13H,1-2H3,(H,21,25). The Morgan fingerprint density at radius 2 is 1.93 bits per heavy atom. The molecule has 1 N–H and O–H groups in total. The first kappa shape index (κ1) is 19.4. The van der Waals surface area contributed by atoms with E-state index in [1.54, 1.807) is 43.5 Å². The highest BCUT2D eigenvalue weighted by Gasteiger charge is 2.18. The average Bonchev–Trinajstić information content (AvgIpc) is 3.09. The molecule has 28 heavy (non-hydrogen) atoms. The van der Waals surface area contributed by atoms with Crippen molar-refractivity contribution in [3.8, 4) is 11.5 Å². The van der Waals surface area contributed by atoms with E-state index >= 15 is 0 Å². The van der Waals surface area contributed by atoms with E-state index in [1.165, 1.54) is 22.9 Å². The van der Waals surface area contributed by atoms with Gasteiger partial charge in [-0.05, 0) is 44.2 Å². The number of benzene rings is 2. The number of carbonyl (C=O) groups excluding carboxylic acids is 1. The molecule has 1 atom stereocenters. The molecule has 0 spiro atoms. The molecule has 0 bridgehead atoms. The van der Waals surface area contributed by atoms with Gasteiger partial charge < -0.3 is 10.1 Å². The van der Waals surface area contributed by atoms with Gasteiger partial charge in [0, 0.05) is 23.4 Å². The number of anilines is 1. The Morgan fingerprint density at radius 3 is 2.54 bits per heavy atom. The summed E-state index contributed by atoms with van der Waals surface area (Å²) in [6.07, 6.45) is 1.70. The Labute approximate surface area is 165 Å². The second-order valence-electron chi connectivity index (χ2n) is 6.13. The van der Waals surface area contributed by atoms with Gasteiger partial charge >= 0.3 is 0 Å². The van der Waals surface area contributed by atoms with Crippen LogP contribution >= 0.6 is 11.6 Å². The largest absolute Gasteiger partial charge is 0.457 e. The number of hydrogen-bond acceptors (Lipinski definition) is 5. The van der Waals surface area contributed by atoms with Crippen LogP contribution in [0.15, 0.2) is 54.7 Å². The number of rotatable bonds is 6. The number of aryl methyl sites for hydroxylation is 1. The molecule has 9 heteroatoms. The van der Waals surface area contributed by atoms with Crippen LogP contribution in [0.25, 0.3) is 0 Å². The summed E-state index contributed by atoms with van der Waals surface area (Å²) in [6.45, 7) is 3.51. The fourth-order valence-electron chi connectivity index (χ4n) is 2.47. The number of nitrogens with zero attached hydrogens (tertiary/aromatic N) is 3. The van der Waals surface area contributed by atoms with E-state index in [4.69, 9.17) is 16.3 Å². The van der Waals surface area contributed by atoms with Crippen molar-refractivity contribution in [1.82, 2.24) is 9.78 Å². The van der Waals surface area contributed by atoms with E-state index in [-0.39, 0.29) is 23.0 Å². The molecule has 0 fully saturated rings. The lowest BCUT2D eigenvalue weighted by Gasteiger charge is -2.14. The van der Waals surface area contributed by atoms with Crippen LogP contribution in [0.1, 0.15) is 18.7 Å². The summed E-state index contributed by atoms with van der Waals surface area (Å²) >= 11 is 5.85. The van der Waals surface area contributed by atoms with Crippen molar-refractivity contribution >= 4 is 28.9 Å². The SMILES string of the molecule is Cc1ccn(C(C)C(=O)Nc2cc(Oc3ccc(Cl)cc3)cc([N+](=O)[O-])c2)n1. The second-order valence-corrected chi connectivity index (χ2v) is 6.57. The lowest BCUT2D eigenvalue weighted by Crippen LogP contribution is -2.24. The number of nitrogens with one attached hydrogen (secondary N) is 1. The number of nitro benzene ring substituents is 1. The van der Waals surface area contributed by atoms with E-state index in [0.29, 0.717) is 10.8 Å². The number of aromatic nitrogens is 2. The van der Waals surface area contributed by atoms with Crippen LogP contribution in [-0.4, -0.2) is 20.6 Å². The van der Waals surface area contributed by atoms with Gasteiger partial charge in [-0.15, -0.1) is 0 Å². The zero-order chi connectivity index (χ0) is 20.3. The van der Waals surface area contributed by atoms with Crippen LogP contribution in [0.5, 0.6) is 11.5 Å². The maximum atomic E-state index is 12.5. The van der Waals surface area contributed by atoms with Gasteiger partial charge in [0.1, 0.15) is 17.5 Å². The summed E-state index contributed by atoms with van der Waals surface area (Å²) < 4.78 is 7.18. The predicted molar refractivity (Wildman–Crippen MR) is 105 cm³/mol. The van der Waals surface area contributed by atoms with Gasteiger partial charge in [-0.25, -0.2) is 0 Å². The zero-order valence-electron chi connectivity index (χ0n) is 15.1. The number of non-ortho nitro benzene ring substituents is 1. The molecule has 2 aromatic carbocycles. The number of amides is 1. The van der Waals surface area contributed by atoms with Gasteiger partial charge in [0.25, 0.3) is 5.69 Å². The number of ether oxygens (including phenoxy) is 1. The Hall–Kier alpha value is -3.39. The highest BCUT2D eigenvalue weighted by Crippen LogP contribution is 2.30. The molecular weight excluding hydrogens is 384 g/mol. The Bertz CT molecular complexity index is 1020. The first-order valence-electron chi connectivity index (χ1n) is 8.37. The monoisotopic (exact) mass is 400 g/mol. The van der Waals surface area contributed by atoms with Crippen LogP contribution in [-0.2, 0) is 4.79 Å². The van der Waals surface area contributed by atoms with Crippen LogP contribution in [0.3, 0.4) is 0 Å².